The minimum absolute atomic E-state index is 0.107. The third-order valence-corrected chi connectivity index (χ3v) is 4.06. The molecule has 20 heavy (non-hydrogen) atoms. The highest BCUT2D eigenvalue weighted by Crippen LogP contribution is 2.19. The van der Waals surface area contributed by atoms with Crippen LogP contribution in [0.5, 0.6) is 0 Å². The van der Waals surface area contributed by atoms with E-state index in [1.165, 1.54) is 0 Å². The maximum absolute atomic E-state index is 11.9. The lowest BCUT2D eigenvalue weighted by Crippen LogP contribution is -2.25. The van der Waals surface area contributed by atoms with Crippen LogP contribution in [0.25, 0.3) is 0 Å². The molecule has 1 amide bonds. The molecule has 1 N–H and O–H groups in total. The van der Waals surface area contributed by atoms with Crippen molar-refractivity contribution in [1.29, 1.82) is 0 Å². The van der Waals surface area contributed by atoms with E-state index < -0.39 is 0 Å². The van der Waals surface area contributed by atoms with Crippen LogP contribution in [0.2, 0.25) is 10.0 Å². The van der Waals surface area contributed by atoms with Crippen molar-refractivity contribution < 1.29 is 4.79 Å². The summed E-state index contributed by atoms with van der Waals surface area (Å²) in [4.78, 5) is 13.0. The highest BCUT2D eigenvalue weighted by atomic mass is 35.5. The van der Waals surface area contributed by atoms with E-state index in [0.717, 1.165) is 15.7 Å². The van der Waals surface area contributed by atoms with E-state index in [1.807, 2.05) is 24.3 Å². The second kappa shape index (κ2) is 7.58. The van der Waals surface area contributed by atoms with Crippen LogP contribution in [0.4, 0.5) is 0 Å². The molecule has 2 rings (SSSR count). The van der Waals surface area contributed by atoms with Gasteiger partial charge < -0.3 is 5.32 Å². The number of thioether (sulfide) groups is 1. The first kappa shape index (κ1) is 15.2. The molecule has 0 unspecified atom stereocenters. The number of rotatable bonds is 5. The van der Waals surface area contributed by atoms with Crippen molar-refractivity contribution in [3.05, 3.63) is 64.1 Å². The predicted octanol–water partition coefficient (Wildman–Crippen LogP) is 4.52. The Bertz CT molecular complexity index is 587. The average Bonchev–Trinajstić information content (AvgIpc) is 2.45. The second-order valence-electron chi connectivity index (χ2n) is 4.07. The van der Waals surface area contributed by atoms with E-state index in [0.29, 0.717) is 17.1 Å². The molecule has 2 aromatic rings. The van der Waals surface area contributed by atoms with E-state index >= 15 is 0 Å². The van der Waals surface area contributed by atoms with Gasteiger partial charge in [0.05, 0.1) is 0 Å². The molecule has 0 aromatic heterocycles. The quantitative estimate of drug-likeness (QED) is 0.647. The summed E-state index contributed by atoms with van der Waals surface area (Å²) in [5, 5.41) is 4.15. The summed E-state index contributed by atoms with van der Waals surface area (Å²) in [5.74, 6) is 0.692. The maximum Gasteiger partial charge on any atom is 0.251 e. The zero-order valence-corrected chi connectivity index (χ0v) is 12.9. The van der Waals surface area contributed by atoms with Crippen molar-refractivity contribution >= 4 is 40.9 Å². The lowest BCUT2D eigenvalue weighted by Gasteiger charge is -2.05. The van der Waals surface area contributed by atoms with Crippen LogP contribution in [-0.2, 0) is 0 Å². The first-order valence-corrected chi connectivity index (χ1v) is 7.81. The number of carbonyl (C=O) groups excluding carboxylic acids is 1. The van der Waals surface area contributed by atoms with Crippen molar-refractivity contribution in [2.45, 2.75) is 4.90 Å². The van der Waals surface area contributed by atoms with Gasteiger partial charge >= 0.3 is 0 Å². The van der Waals surface area contributed by atoms with Gasteiger partial charge in [0.25, 0.3) is 5.91 Å². The average molecular weight is 326 g/mol. The van der Waals surface area contributed by atoms with Crippen LogP contribution >= 0.6 is 35.0 Å². The number of benzene rings is 2. The summed E-state index contributed by atoms with van der Waals surface area (Å²) in [7, 11) is 0. The van der Waals surface area contributed by atoms with Crippen LogP contribution in [0.1, 0.15) is 10.4 Å². The molecule has 0 aliphatic rings. The molecule has 0 spiro atoms. The normalized spacial score (nSPS) is 10.3. The number of hydrogen-bond donors (Lipinski definition) is 1. The van der Waals surface area contributed by atoms with Crippen molar-refractivity contribution in [2.75, 3.05) is 12.3 Å². The first-order valence-electron chi connectivity index (χ1n) is 6.07. The van der Waals surface area contributed by atoms with E-state index in [2.05, 4.69) is 5.32 Å². The largest absolute Gasteiger partial charge is 0.351 e. The summed E-state index contributed by atoms with van der Waals surface area (Å²) in [6.07, 6.45) is 0. The summed E-state index contributed by atoms with van der Waals surface area (Å²) >= 11 is 13.3. The van der Waals surface area contributed by atoms with Gasteiger partial charge in [0.2, 0.25) is 0 Å². The molecule has 0 aliphatic carbocycles. The molecule has 0 aliphatic heterocycles. The smallest absolute Gasteiger partial charge is 0.251 e. The molecule has 0 saturated carbocycles. The van der Waals surface area contributed by atoms with Crippen molar-refractivity contribution in [3.8, 4) is 0 Å². The second-order valence-corrected chi connectivity index (χ2v) is 6.11. The van der Waals surface area contributed by atoms with Gasteiger partial charge in [-0.25, -0.2) is 0 Å². The molecule has 2 aromatic carbocycles. The van der Waals surface area contributed by atoms with Gasteiger partial charge in [0.15, 0.2) is 0 Å². The number of nitrogens with one attached hydrogen (secondary N) is 1. The molecule has 104 valence electrons. The Morgan fingerprint density at radius 1 is 1.05 bits per heavy atom. The first-order chi connectivity index (χ1) is 9.65. The number of amides is 1. The van der Waals surface area contributed by atoms with Gasteiger partial charge in [-0.3, -0.25) is 4.79 Å². The molecule has 0 heterocycles. The van der Waals surface area contributed by atoms with Crippen molar-refractivity contribution in [1.82, 2.24) is 5.32 Å². The fourth-order valence-corrected chi connectivity index (χ4v) is 2.68. The highest BCUT2D eigenvalue weighted by Gasteiger charge is 2.04. The van der Waals surface area contributed by atoms with Crippen LogP contribution in [0.15, 0.2) is 53.4 Å². The van der Waals surface area contributed by atoms with E-state index in [4.69, 9.17) is 23.2 Å². The summed E-state index contributed by atoms with van der Waals surface area (Å²) in [6, 6.07) is 14.5. The monoisotopic (exact) mass is 325 g/mol. The maximum atomic E-state index is 11.9. The standard InChI is InChI=1S/C15H13Cl2NOS/c16-12-4-6-14(7-5-12)20-9-8-18-15(19)11-2-1-3-13(17)10-11/h1-7,10H,8-9H2,(H,18,19). The predicted molar refractivity (Wildman–Crippen MR) is 86.0 cm³/mol. The topological polar surface area (TPSA) is 29.1 Å². The third kappa shape index (κ3) is 4.75. The Hall–Kier alpha value is -1.16. The molecular weight excluding hydrogens is 313 g/mol. The highest BCUT2D eigenvalue weighted by molar-refractivity contribution is 7.99. The lowest BCUT2D eigenvalue weighted by molar-refractivity contribution is 0.0956. The Labute approximate surface area is 132 Å². The van der Waals surface area contributed by atoms with Crippen LogP contribution in [-0.4, -0.2) is 18.2 Å². The van der Waals surface area contributed by atoms with Crippen molar-refractivity contribution in [3.63, 3.8) is 0 Å². The Morgan fingerprint density at radius 3 is 2.50 bits per heavy atom. The lowest BCUT2D eigenvalue weighted by atomic mass is 10.2. The minimum atomic E-state index is -0.107. The molecule has 0 radical (unpaired) electrons. The Kier molecular flexibility index (Phi) is 5.77. The molecule has 5 heteroatoms. The van der Waals surface area contributed by atoms with E-state index in [9.17, 15) is 4.79 Å². The minimum Gasteiger partial charge on any atom is -0.351 e. The SMILES string of the molecule is O=C(NCCSc1ccc(Cl)cc1)c1cccc(Cl)c1. The number of halogens is 2. The van der Waals surface area contributed by atoms with Gasteiger partial charge in [0.1, 0.15) is 0 Å². The molecular formula is C15H13Cl2NOS. The molecule has 0 fully saturated rings. The summed E-state index contributed by atoms with van der Waals surface area (Å²) < 4.78 is 0. The summed E-state index contributed by atoms with van der Waals surface area (Å²) in [5.41, 5.74) is 0.578. The van der Waals surface area contributed by atoms with E-state index in [1.54, 1.807) is 36.0 Å². The fraction of sp³-hybridized carbons (Fsp3) is 0.133. The molecule has 0 saturated heterocycles. The van der Waals surface area contributed by atoms with Gasteiger partial charge in [-0.1, -0.05) is 29.3 Å². The van der Waals surface area contributed by atoms with Gasteiger partial charge in [-0.15, -0.1) is 11.8 Å². The number of carbonyl (C=O) groups is 1. The van der Waals surface area contributed by atoms with Gasteiger partial charge in [-0.05, 0) is 42.5 Å². The van der Waals surface area contributed by atoms with Gasteiger partial charge in [0, 0.05) is 32.8 Å². The van der Waals surface area contributed by atoms with Crippen LogP contribution in [0, 0.1) is 0 Å². The third-order valence-electron chi connectivity index (χ3n) is 2.56. The molecule has 0 atom stereocenters. The summed E-state index contributed by atoms with van der Waals surface area (Å²) in [6.45, 7) is 0.596. The zero-order valence-electron chi connectivity index (χ0n) is 10.6. The molecule has 0 bridgehead atoms. The van der Waals surface area contributed by atoms with Gasteiger partial charge in [-0.2, -0.15) is 0 Å². The number of hydrogen-bond acceptors (Lipinski definition) is 2. The van der Waals surface area contributed by atoms with E-state index in [-0.39, 0.29) is 5.91 Å². The van der Waals surface area contributed by atoms with Crippen molar-refractivity contribution in [2.24, 2.45) is 0 Å². The molecule has 2 nitrogen and oxygen atoms in total. The van der Waals surface area contributed by atoms with Crippen LogP contribution < -0.4 is 5.32 Å². The Morgan fingerprint density at radius 2 is 1.80 bits per heavy atom. The fourth-order valence-electron chi connectivity index (χ4n) is 1.60. The zero-order chi connectivity index (χ0) is 14.4. The van der Waals surface area contributed by atoms with Crippen LogP contribution in [0.3, 0.4) is 0 Å². The Balaban J connectivity index is 1.76.